The van der Waals surface area contributed by atoms with Gasteiger partial charge in [-0.15, -0.1) is 0 Å². The minimum Gasteiger partial charge on any atom is -0.462 e. The molecule has 0 spiro atoms. The van der Waals surface area contributed by atoms with E-state index in [0.29, 0.717) is 19.3 Å². The normalized spacial score (nSPS) is 11.8. The standard InChI is InChI=1S/C40H76O6/c1-4-7-10-13-15-16-17-18-19-20-21-22-23-25-27-30-33-39(42)45-36-37(35-44-38(41)32-29-26-12-9-6-3)46-40(43)34-31-28-24-14-11-8-5-2/h37H,4-36H2,1-3H3. The lowest BCUT2D eigenvalue weighted by Crippen LogP contribution is -2.30. The van der Waals surface area contributed by atoms with Crippen LogP contribution in [0.3, 0.4) is 0 Å². The second-order valence-electron chi connectivity index (χ2n) is 13.6. The van der Waals surface area contributed by atoms with Crippen LogP contribution in [0.5, 0.6) is 0 Å². The molecule has 0 saturated carbocycles. The van der Waals surface area contributed by atoms with E-state index in [1.165, 1.54) is 116 Å². The number of rotatable bonds is 36. The Morgan fingerprint density at radius 1 is 0.348 bits per heavy atom. The first-order valence-electron chi connectivity index (χ1n) is 20.0. The predicted molar refractivity (Wildman–Crippen MR) is 192 cm³/mol. The number of carbonyl (C=O) groups excluding carboxylic acids is 3. The highest BCUT2D eigenvalue weighted by Crippen LogP contribution is 2.15. The average Bonchev–Trinajstić information content (AvgIpc) is 3.05. The maximum absolute atomic E-state index is 12.5. The summed E-state index contributed by atoms with van der Waals surface area (Å²) in [5.41, 5.74) is 0. The van der Waals surface area contributed by atoms with Gasteiger partial charge in [0.05, 0.1) is 0 Å². The van der Waals surface area contributed by atoms with Crippen LogP contribution >= 0.6 is 0 Å². The van der Waals surface area contributed by atoms with Gasteiger partial charge >= 0.3 is 17.9 Å². The van der Waals surface area contributed by atoms with Gasteiger partial charge in [0.2, 0.25) is 0 Å². The minimum absolute atomic E-state index is 0.0652. The Balaban J connectivity index is 4.12. The third kappa shape index (κ3) is 33.8. The van der Waals surface area contributed by atoms with Crippen molar-refractivity contribution in [1.82, 2.24) is 0 Å². The molecule has 6 nitrogen and oxygen atoms in total. The zero-order valence-corrected chi connectivity index (χ0v) is 30.9. The fourth-order valence-corrected chi connectivity index (χ4v) is 5.79. The van der Waals surface area contributed by atoms with E-state index in [1.54, 1.807) is 0 Å². The van der Waals surface area contributed by atoms with Crippen molar-refractivity contribution in [2.24, 2.45) is 0 Å². The summed E-state index contributed by atoms with van der Waals surface area (Å²) in [6, 6.07) is 0. The van der Waals surface area contributed by atoms with Gasteiger partial charge in [0, 0.05) is 19.3 Å². The van der Waals surface area contributed by atoms with Crippen LogP contribution in [0.1, 0.15) is 220 Å². The van der Waals surface area contributed by atoms with Crippen molar-refractivity contribution in [3.8, 4) is 0 Å². The molecule has 0 heterocycles. The van der Waals surface area contributed by atoms with Gasteiger partial charge in [0.25, 0.3) is 0 Å². The van der Waals surface area contributed by atoms with Crippen molar-refractivity contribution < 1.29 is 28.6 Å². The third-order valence-corrected chi connectivity index (χ3v) is 8.86. The summed E-state index contributed by atoms with van der Waals surface area (Å²) in [6.45, 7) is 6.51. The highest BCUT2D eigenvalue weighted by atomic mass is 16.6. The summed E-state index contributed by atoms with van der Waals surface area (Å²) in [4.78, 5) is 37.1. The Kier molecular flexibility index (Phi) is 35.0. The van der Waals surface area contributed by atoms with Crippen molar-refractivity contribution >= 4 is 17.9 Å². The number of ether oxygens (including phenoxy) is 3. The van der Waals surface area contributed by atoms with Crippen molar-refractivity contribution in [3.05, 3.63) is 0 Å². The fourth-order valence-electron chi connectivity index (χ4n) is 5.79. The molecule has 1 unspecified atom stereocenters. The molecule has 272 valence electrons. The SMILES string of the molecule is CCCCCCCCCCCCCCCCCCC(=O)OCC(COC(=O)CCCCCCC)OC(=O)CCCCCCCCC. The first-order chi connectivity index (χ1) is 22.5. The van der Waals surface area contributed by atoms with Crippen molar-refractivity contribution in [2.45, 2.75) is 226 Å². The molecule has 46 heavy (non-hydrogen) atoms. The molecule has 0 aliphatic carbocycles. The Hall–Kier alpha value is -1.59. The Bertz CT molecular complexity index is 679. The number of hydrogen-bond acceptors (Lipinski definition) is 6. The van der Waals surface area contributed by atoms with E-state index in [1.807, 2.05) is 0 Å². The molecule has 0 aromatic rings. The van der Waals surface area contributed by atoms with Crippen LogP contribution in [-0.2, 0) is 28.6 Å². The number of esters is 3. The minimum atomic E-state index is -0.754. The summed E-state index contributed by atoms with van der Waals surface area (Å²) >= 11 is 0. The van der Waals surface area contributed by atoms with E-state index in [0.717, 1.165) is 64.2 Å². The van der Waals surface area contributed by atoms with E-state index in [-0.39, 0.29) is 31.1 Å². The van der Waals surface area contributed by atoms with Crippen LogP contribution in [0, 0.1) is 0 Å². The Labute approximate surface area is 285 Å². The molecule has 1 atom stereocenters. The monoisotopic (exact) mass is 653 g/mol. The lowest BCUT2D eigenvalue weighted by atomic mass is 10.0. The molecule has 0 fully saturated rings. The molecule has 0 bridgehead atoms. The highest BCUT2D eigenvalue weighted by Gasteiger charge is 2.19. The fraction of sp³-hybridized carbons (Fsp3) is 0.925. The number of carbonyl (C=O) groups is 3. The van der Waals surface area contributed by atoms with Crippen molar-refractivity contribution in [3.63, 3.8) is 0 Å². The van der Waals surface area contributed by atoms with Gasteiger partial charge in [0.1, 0.15) is 13.2 Å². The molecule has 0 radical (unpaired) electrons. The molecule has 6 heteroatoms. The van der Waals surface area contributed by atoms with Gasteiger partial charge in [-0.25, -0.2) is 0 Å². The van der Waals surface area contributed by atoms with Gasteiger partial charge in [-0.3, -0.25) is 14.4 Å². The third-order valence-electron chi connectivity index (χ3n) is 8.86. The Morgan fingerprint density at radius 2 is 0.587 bits per heavy atom. The van der Waals surface area contributed by atoms with Crippen LogP contribution in [0.4, 0.5) is 0 Å². The number of hydrogen-bond donors (Lipinski definition) is 0. The molecule has 0 aromatic heterocycles. The molecule has 0 aliphatic heterocycles. The van der Waals surface area contributed by atoms with Crippen LogP contribution < -0.4 is 0 Å². The van der Waals surface area contributed by atoms with Crippen LogP contribution in [0.2, 0.25) is 0 Å². The summed E-state index contributed by atoms with van der Waals surface area (Å²) in [5, 5.41) is 0. The van der Waals surface area contributed by atoms with Gasteiger partial charge < -0.3 is 14.2 Å². The summed E-state index contributed by atoms with van der Waals surface area (Å²) in [7, 11) is 0. The molecular weight excluding hydrogens is 576 g/mol. The van der Waals surface area contributed by atoms with Crippen molar-refractivity contribution in [1.29, 1.82) is 0 Å². The Morgan fingerprint density at radius 3 is 0.870 bits per heavy atom. The summed E-state index contributed by atoms with van der Waals surface area (Å²) in [6.07, 6.45) is 34.1. The van der Waals surface area contributed by atoms with Gasteiger partial charge in [-0.05, 0) is 19.3 Å². The molecule has 0 amide bonds. The lowest BCUT2D eigenvalue weighted by molar-refractivity contribution is -0.167. The topological polar surface area (TPSA) is 78.9 Å². The largest absolute Gasteiger partial charge is 0.462 e. The van der Waals surface area contributed by atoms with Crippen molar-refractivity contribution in [2.75, 3.05) is 13.2 Å². The first-order valence-corrected chi connectivity index (χ1v) is 20.0. The number of unbranched alkanes of at least 4 members (excludes halogenated alkanes) is 25. The maximum Gasteiger partial charge on any atom is 0.306 e. The highest BCUT2D eigenvalue weighted by molar-refractivity contribution is 5.71. The maximum atomic E-state index is 12.5. The smallest absolute Gasteiger partial charge is 0.306 e. The molecule has 0 N–H and O–H groups in total. The average molecular weight is 653 g/mol. The van der Waals surface area contributed by atoms with Crippen LogP contribution in [0.15, 0.2) is 0 Å². The zero-order chi connectivity index (χ0) is 33.8. The van der Waals surface area contributed by atoms with E-state index >= 15 is 0 Å². The quantitative estimate of drug-likeness (QED) is 0.0381. The first kappa shape index (κ1) is 44.4. The molecule has 0 rings (SSSR count). The summed E-state index contributed by atoms with van der Waals surface area (Å²) in [5.74, 6) is -0.882. The van der Waals surface area contributed by atoms with Gasteiger partial charge in [-0.2, -0.15) is 0 Å². The summed E-state index contributed by atoms with van der Waals surface area (Å²) < 4.78 is 16.5. The molecule has 0 aromatic carbocycles. The van der Waals surface area contributed by atoms with Crippen LogP contribution in [-0.4, -0.2) is 37.2 Å². The van der Waals surface area contributed by atoms with E-state index < -0.39 is 6.10 Å². The van der Waals surface area contributed by atoms with Crippen LogP contribution in [0.25, 0.3) is 0 Å². The predicted octanol–water partition coefficient (Wildman–Crippen LogP) is 12.1. The molecular formula is C40H76O6. The second-order valence-corrected chi connectivity index (χ2v) is 13.6. The van der Waals surface area contributed by atoms with E-state index in [2.05, 4.69) is 20.8 Å². The molecule has 0 saturated heterocycles. The second kappa shape index (κ2) is 36.2. The lowest BCUT2D eigenvalue weighted by Gasteiger charge is -2.18. The van der Waals surface area contributed by atoms with E-state index in [4.69, 9.17) is 14.2 Å². The zero-order valence-electron chi connectivity index (χ0n) is 30.9. The van der Waals surface area contributed by atoms with E-state index in [9.17, 15) is 14.4 Å². The van der Waals surface area contributed by atoms with Gasteiger partial charge in [-0.1, -0.05) is 181 Å². The van der Waals surface area contributed by atoms with Gasteiger partial charge in [0.15, 0.2) is 6.10 Å². The molecule has 0 aliphatic rings.